The molecular weight excluding hydrogens is 503 g/mol. The van der Waals surface area contributed by atoms with Crippen molar-refractivity contribution in [1.29, 1.82) is 0 Å². The molecule has 0 aliphatic carbocycles. The Balaban J connectivity index is 1.39. The number of carbonyl (C=O) groups is 2. The molecule has 0 spiro atoms. The van der Waals surface area contributed by atoms with Gasteiger partial charge in [-0.15, -0.1) is 0 Å². The number of hydrogen-bond donors (Lipinski definition) is 0. The van der Waals surface area contributed by atoms with Gasteiger partial charge in [-0.2, -0.15) is 13.2 Å². The normalized spacial score (nSPS) is 17.9. The van der Waals surface area contributed by atoms with Crippen LogP contribution in [0.2, 0.25) is 0 Å². The third-order valence-electron chi connectivity index (χ3n) is 6.09. The Morgan fingerprint density at radius 1 is 1.13 bits per heavy atom. The Labute approximate surface area is 218 Å². The lowest BCUT2D eigenvalue weighted by atomic mass is 10.1. The fourth-order valence-electron chi connectivity index (χ4n) is 4.20. The van der Waals surface area contributed by atoms with E-state index in [-0.39, 0.29) is 24.8 Å². The summed E-state index contributed by atoms with van der Waals surface area (Å²) in [5.41, 5.74) is -0.256. The van der Waals surface area contributed by atoms with Crippen molar-refractivity contribution in [3.05, 3.63) is 48.3 Å². The number of ether oxygens (including phenoxy) is 2. The molecule has 1 aromatic heterocycles. The van der Waals surface area contributed by atoms with Crippen LogP contribution in [0.1, 0.15) is 38.3 Å². The highest BCUT2D eigenvalue weighted by Gasteiger charge is 2.35. The van der Waals surface area contributed by atoms with Crippen LogP contribution in [0.3, 0.4) is 0 Å². The summed E-state index contributed by atoms with van der Waals surface area (Å²) >= 11 is 0. The number of rotatable bonds is 4. The van der Waals surface area contributed by atoms with Gasteiger partial charge in [0, 0.05) is 38.6 Å². The van der Waals surface area contributed by atoms with Gasteiger partial charge >= 0.3 is 12.3 Å². The SMILES string of the molecule is C=Cc1ccc2c(c1)N(C(=O)OC(C)(C)C)CC(CC(=O)N1CCN(c3ncc(C(F)(F)F)cn3)CC1)O2. The van der Waals surface area contributed by atoms with Crippen LogP contribution in [-0.2, 0) is 15.7 Å². The molecule has 2 aliphatic heterocycles. The molecule has 1 atom stereocenters. The summed E-state index contributed by atoms with van der Waals surface area (Å²) in [6.07, 6.45) is -2.41. The molecule has 2 aromatic rings. The lowest BCUT2D eigenvalue weighted by Crippen LogP contribution is -2.51. The molecule has 0 bridgehead atoms. The van der Waals surface area contributed by atoms with Gasteiger partial charge in [0.1, 0.15) is 17.5 Å². The van der Waals surface area contributed by atoms with Crippen LogP contribution < -0.4 is 14.5 Å². The number of halogens is 3. The molecule has 2 aliphatic rings. The van der Waals surface area contributed by atoms with E-state index in [1.54, 1.807) is 48.8 Å². The summed E-state index contributed by atoms with van der Waals surface area (Å²) in [5.74, 6) is 0.497. The Morgan fingerprint density at radius 3 is 2.37 bits per heavy atom. The number of nitrogens with zero attached hydrogens (tertiary/aromatic N) is 5. The van der Waals surface area contributed by atoms with Crippen molar-refractivity contribution in [2.45, 2.75) is 45.1 Å². The zero-order valence-corrected chi connectivity index (χ0v) is 21.5. The van der Waals surface area contributed by atoms with Crippen LogP contribution in [0.5, 0.6) is 5.75 Å². The van der Waals surface area contributed by atoms with Crippen molar-refractivity contribution < 1.29 is 32.2 Å². The van der Waals surface area contributed by atoms with E-state index >= 15 is 0 Å². The fourth-order valence-corrected chi connectivity index (χ4v) is 4.20. The number of fused-ring (bicyclic) bond motifs is 1. The minimum Gasteiger partial charge on any atom is -0.486 e. The smallest absolute Gasteiger partial charge is 0.419 e. The average Bonchev–Trinajstić information content (AvgIpc) is 2.86. The summed E-state index contributed by atoms with van der Waals surface area (Å²) in [5, 5.41) is 0. The van der Waals surface area contributed by atoms with E-state index in [0.29, 0.717) is 37.6 Å². The van der Waals surface area contributed by atoms with Gasteiger partial charge in [0.05, 0.1) is 24.2 Å². The molecule has 1 unspecified atom stereocenters. The molecule has 2 amide bonds. The molecule has 12 heteroatoms. The first-order valence-electron chi connectivity index (χ1n) is 12.2. The summed E-state index contributed by atoms with van der Waals surface area (Å²) < 4.78 is 50.0. The van der Waals surface area contributed by atoms with Crippen LogP contribution in [0, 0.1) is 0 Å². The number of benzene rings is 1. The summed E-state index contributed by atoms with van der Waals surface area (Å²) in [6, 6.07) is 5.34. The molecule has 38 heavy (non-hydrogen) atoms. The zero-order chi connectivity index (χ0) is 27.7. The molecular formula is C26H30F3N5O4. The topological polar surface area (TPSA) is 88.1 Å². The van der Waals surface area contributed by atoms with Gasteiger partial charge in [-0.05, 0) is 38.5 Å². The fraction of sp³-hybridized carbons (Fsp3) is 0.462. The summed E-state index contributed by atoms with van der Waals surface area (Å²) in [6.45, 7) is 10.7. The standard InChI is InChI=1S/C26H30F3N5O4/c1-5-17-6-7-21-20(12-17)34(24(36)38-25(2,3)4)16-19(37-21)13-22(35)32-8-10-33(11-9-32)23-30-14-18(15-31-23)26(27,28)29/h5-7,12,14-15,19H,1,8-11,13,16H2,2-4H3. The largest absolute Gasteiger partial charge is 0.486 e. The Bertz CT molecular complexity index is 1190. The van der Waals surface area contributed by atoms with Crippen LogP contribution in [0.4, 0.5) is 29.6 Å². The van der Waals surface area contributed by atoms with Gasteiger partial charge in [0.2, 0.25) is 11.9 Å². The second kappa shape index (κ2) is 10.5. The Kier molecular flexibility index (Phi) is 7.52. The van der Waals surface area contributed by atoms with Crippen molar-refractivity contribution >= 4 is 29.7 Å². The molecule has 0 radical (unpaired) electrons. The van der Waals surface area contributed by atoms with Crippen LogP contribution in [0.25, 0.3) is 6.08 Å². The van der Waals surface area contributed by atoms with Gasteiger partial charge in [-0.3, -0.25) is 9.69 Å². The number of carbonyl (C=O) groups excluding carboxylic acids is 2. The number of anilines is 2. The monoisotopic (exact) mass is 533 g/mol. The van der Waals surface area contributed by atoms with Gasteiger partial charge < -0.3 is 19.3 Å². The number of aromatic nitrogens is 2. The van der Waals surface area contributed by atoms with Crippen molar-refractivity contribution in [1.82, 2.24) is 14.9 Å². The first kappa shape index (κ1) is 27.2. The maximum Gasteiger partial charge on any atom is 0.419 e. The van der Waals surface area contributed by atoms with E-state index in [1.165, 1.54) is 4.90 Å². The maximum atomic E-state index is 13.1. The van der Waals surface area contributed by atoms with E-state index in [9.17, 15) is 22.8 Å². The molecule has 0 N–H and O–H groups in total. The predicted molar refractivity (Wildman–Crippen MR) is 135 cm³/mol. The number of alkyl halides is 3. The Morgan fingerprint density at radius 2 is 1.79 bits per heavy atom. The van der Waals surface area contributed by atoms with E-state index in [4.69, 9.17) is 9.47 Å². The van der Waals surface area contributed by atoms with E-state index < -0.39 is 29.5 Å². The predicted octanol–water partition coefficient (Wildman–Crippen LogP) is 4.38. The molecule has 1 fully saturated rings. The molecule has 1 aromatic carbocycles. The number of hydrogen-bond acceptors (Lipinski definition) is 7. The first-order chi connectivity index (χ1) is 17.8. The van der Waals surface area contributed by atoms with Crippen LogP contribution in [-0.4, -0.2) is 71.3 Å². The van der Waals surface area contributed by atoms with Gasteiger partial charge in [0.15, 0.2) is 0 Å². The van der Waals surface area contributed by atoms with Crippen LogP contribution >= 0.6 is 0 Å². The molecule has 1 saturated heterocycles. The second-order valence-electron chi connectivity index (χ2n) is 10.1. The average molecular weight is 534 g/mol. The molecule has 9 nitrogen and oxygen atoms in total. The third kappa shape index (κ3) is 6.35. The van der Waals surface area contributed by atoms with E-state index in [2.05, 4.69) is 16.5 Å². The van der Waals surface area contributed by atoms with E-state index in [0.717, 1.165) is 18.0 Å². The molecule has 0 saturated carbocycles. The minimum absolute atomic E-state index is 0.0404. The van der Waals surface area contributed by atoms with Crippen molar-refractivity contribution in [3.63, 3.8) is 0 Å². The van der Waals surface area contributed by atoms with Crippen molar-refractivity contribution in [2.24, 2.45) is 0 Å². The molecule has 3 heterocycles. The summed E-state index contributed by atoms with van der Waals surface area (Å²) in [7, 11) is 0. The number of piperazine rings is 1. The quantitative estimate of drug-likeness (QED) is 0.577. The third-order valence-corrected chi connectivity index (χ3v) is 6.09. The molecule has 204 valence electrons. The lowest BCUT2D eigenvalue weighted by molar-refractivity contribution is -0.138. The van der Waals surface area contributed by atoms with Gasteiger partial charge in [-0.25, -0.2) is 14.8 Å². The number of amides is 2. The zero-order valence-electron chi connectivity index (χ0n) is 21.5. The Hall–Kier alpha value is -3.83. The lowest BCUT2D eigenvalue weighted by Gasteiger charge is -2.38. The van der Waals surface area contributed by atoms with E-state index in [1.807, 2.05) is 6.07 Å². The highest BCUT2D eigenvalue weighted by atomic mass is 19.4. The summed E-state index contributed by atoms with van der Waals surface area (Å²) in [4.78, 5) is 38.7. The maximum absolute atomic E-state index is 13.1. The van der Waals surface area contributed by atoms with Gasteiger partial charge in [0.25, 0.3) is 0 Å². The van der Waals surface area contributed by atoms with Crippen molar-refractivity contribution in [2.75, 3.05) is 42.5 Å². The first-order valence-corrected chi connectivity index (χ1v) is 12.2. The van der Waals surface area contributed by atoms with Crippen LogP contribution in [0.15, 0.2) is 37.2 Å². The highest BCUT2D eigenvalue weighted by molar-refractivity contribution is 5.91. The minimum atomic E-state index is -4.50. The highest BCUT2D eigenvalue weighted by Crippen LogP contribution is 2.36. The van der Waals surface area contributed by atoms with Gasteiger partial charge in [-0.1, -0.05) is 18.7 Å². The molecule has 4 rings (SSSR count). The second-order valence-corrected chi connectivity index (χ2v) is 10.1. The van der Waals surface area contributed by atoms with Crippen molar-refractivity contribution in [3.8, 4) is 5.75 Å².